The molecule has 0 heterocycles. The van der Waals surface area contributed by atoms with E-state index >= 15 is 0 Å². The zero-order chi connectivity index (χ0) is 24.2. The topological polar surface area (TPSA) is 88.5 Å². The third-order valence-electron chi connectivity index (χ3n) is 5.58. The second kappa shape index (κ2) is 8.05. The zero-order valence-corrected chi connectivity index (χ0v) is 21.0. The van der Waals surface area contributed by atoms with Crippen LogP contribution in [0, 0.1) is 48.5 Å². The Hall–Kier alpha value is -2.64. The molecule has 0 aliphatic rings. The highest BCUT2D eigenvalue weighted by Crippen LogP contribution is 2.38. The summed E-state index contributed by atoms with van der Waals surface area (Å²) in [5.74, 6) is -0.474. The molecular weight excluding hydrogens is 444 g/mol. The fourth-order valence-electron chi connectivity index (χ4n) is 4.56. The number of phenols is 1. The molecule has 0 radical (unpaired) electrons. The van der Waals surface area contributed by atoms with Crippen LogP contribution in [0.2, 0.25) is 0 Å². The maximum absolute atomic E-state index is 13.6. The van der Waals surface area contributed by atoms with Crippen LogP contribution >= 0.6 is 0 Å². The number of aromatic hydroxyl groups is 1. The van der Waals surface area contributed by atoms with E-state index < -0.39 is 30.3 Å². The summed E-state index contributed by atoms with van der Waals surface area (Å²) in [6.45, 7) is 12.1. The first-order valence-corrected chi connectivity index (χ1v) is 13.1. The van der Waals surface area contributed by atoms with Crippen LogP contribution in [-0.4, -0.2) is 21.9 Å². The van der Waals surface area contributed by atoms with Crippen molar-refractivity contribution in [1.82, 2.24) is 0 Å². The van der Waals surface area contributed by atoms with Gasteiger partial charge in [0.25, 0.3) is 0 Å². The van der Waals surface area contributed by atoms with Gasteiger partial charge in [0.2, 0.25) is 19.7 Å². The van der Waals surface area contributed by atoms with Gasteiger partial charge in [-0.25, -0.2) is 16.8 Å². The smallest absolute Gasteiger partial charge is 0.210 e. The molecule has 0 unspecified atom stereocenters. The highest BCUT2D eigenvalue weighted by Gasteiger charge is 2.31. The standard InChI is InChI=1S/C25H28O5S2/c1-14-8-17(4)24(18(5)9-14)31(27,28)22-13-23(21(26)12-16(22)3)32(29,30)25-19(6)10-15(2)11-20(25)7/h8-13,26H,1-7H3. The maximum Gasteiger partial charge on any atom is 0.210 e. The number of aryl methyl sites for hydroxylation is 7. The minimum absolute atomic E-state index is 0.0771. The maximum atomic E-state index is 13.6. The number of rotatable bonds is 4. The highest BCUT2D eigenvalue weighted by atomic mass is 32.2. The first kappa shape index (κ1) is 24.0. The van der Waals surface area contributed by atoms with E-state index in [1.54, 1.807) is 58.9 Å². The van der Waals surface area contributed by atoms with Gasteiger partial charge in [-0.1, -0.05) is 35.4 Å². The van der Waals surface area contributed by atoms with Crippen LogP contribution in [0.1, 0.15) is 38.9 Å². The van der Waals surface area contributed by atoms with Crippen molar-refractivity contribution in [3.63, 3.8) is 0 Å². The third-order valence-corrected chi connectivity index (χ3v) is 9.87. The predicted molar refractivity (Wildman–Crippen MR) is 125 cm³/mol. The largest absolute Gasteiger partial charge is 0.507 e. The van der Waals surface area contributed by atoms with E-state index in [0.717, 1.165) is 17.2 Å². The van der Waals surface area contributed by atoms with Crippen molar-refractivity contribution in [2.24, 2.45) is 0 Å². The van der Waals surface area contributed by atoms with Gasteiger partial charge in [-0.2, -0.15) is 0 Å². The van der Waals surface area contributed by atoms with Gasteiger partial charge >= 0.3 is 0 Å². The Morgan fingerprint density at radius 3 is 1.22 bits per heavy atom. The van der Waals surface area contributed by atoms with Crippen molar-refractivity contribution >= 4 is 19.7 Å². The van der Waals surface area contributed by atoms with Gasteiger partial charge in [-0.3, -0.25) is 0 Å². The Morgan fingerprint density at radius 1 is 0.500 bits per heavy atom. The van der Waals surface area contributed by atoms with E-state index in [2.05, 4.69) is 0 Å². The average molecular weight is 473 g/mol. The third kappa shape index (κ3) is 3.95. The molecule has 0 amide bonds. The van der Waals surface area contributed by atoms with Crippen LogP contribution < -0.4 is 0 Å². The van der Waals surface area contributed by atoms with Gasteiger partial charge in [0, 0.05) is 0 Å². The normalized spacial score (nSPS) is 12.2. The summed E-state index contributed by atoms with van der Waals surface area (Å²) in [5.41, 5.74) is 4.39. The molecule has 3 aromatic rings. The molecule has 0 saturated heterocycles. The van der Waals surface area contributed by atoms with Crippen LogP contribution in [0.15, 0.2) is 56.0 Å². The quantitative estimate of drug-likeness (QED) is 0.563. The molecule has 3 aromatic carbocycles. The van der Waals surface area contributed by atoms with E-state index in [1.807, 2.05) is 13.8 Å². The van der Waals surface area contributed by atoms with Gasteiger partial charge < -0.3 is 5.11 Å². The molecule has 1 N–H and O–H groups in total. The molecule has 7 heteroatoms. The molecule has 0 fully saturated rings. The average Bonchev–Trinajstić information content (AvgIpc) is 2.58. The molecule has 0 aromatic heterocycles. The summed E-state index contributed by atoms with van der Waals surface area (Å²) in [7, 11) is -8.20. The summed E-state index contributed by atoms with van der Waals surface area (Å²) < 4.78 is 54.4. The summed E-state index contributed by atoms with van der Waals surface area (Å²) in [6.07, 6.45) is 0. The molecular formula is C25H28O5S2. The molecule has 3 rings (SSSR count). The molecule has 5 nitrogen and oxygen atoms in total. The number of sulfone groups is 2. The second-order valence-corrected chi connectivity index (χ2v) is 12.3. The number of hydrogen-bond donors (Lipinski definition) is 1. The Kier molecular flexibility index (Phi) is 6.04. The van der Waals surface area contributed by atoms with Gasteiger partial charge in [0.1, 0.15) is 10.6 Å². The fourth-order valence-corrected chi connectivity index (χ4v) is 8.37. The first-order valence-electron chi connectivity index (χ1n) is 10.2. The van der Waals surface area contributed by atoms with E-state index in [9.17, 15) is 21.9 Å². The van der Waals surface area contributed by atoms with E-state index in [4.69, 9.17) is 0 Å². The Labute approximate surface area is 190 Å². The van der Waals surface area contributed by atoms with Crippen molar-refractivity contribution < 1.29 is 21.9 Å². The van der Waals surface area contributed by atoms with E-state index in [1.165, 1.54) is 6.07 Å². The van der Waals surface area contributed by atoms with E-state index in [-0.39, 0.29) is 20.2 Å². The molecule has 0 saturated carbocycles. The van der Waals surface area contributed by atoms with Gasteiger partial charge in [0.15, 0.2) is 0 Å². The monoisotopic (exact) mass is 472 g/mol. The minimum atomic E-state index is -4.17. The lowest BCUT2D eigenvalue weighted by Crippen LogP contribution is -2.12. The molecule has 0 spiro atoms. The molecule has 32 heavy (non-hydrogen) atoms. The lowest BCUT2D eigenvalue weighted by molar-refractivity contribution is 0.457. The molecule has 0 aliphatic heterocycles. The van der Waals surface area contributed by atoms with Crippen molar-refractivity contribution in [1.29, 1.82) is 0 Å². The SMILES string of the molecule is Cc1cc(C)c(S(=O)(=O)c2cc(S(=O)(=O)c3c(C)cc(C)cc3C)c(O)cc2C)c(C)c1. The highest BCUT2D eigenvalue weighted by molar-refractivity contribution is 7.92. The van der Waals surface area contributed by atoms with Crippen LogP contribution in [0.25, 0.3) is 0 Å². The van der Waals surface area contributed by atoms with Gasteiger partial charge in [-0.15, -0.1) is 0 Å². The Bertz CT molecular complexity index is 1310. The predicted octanol–water partition coefficient (Wildman–Crippen LogP) is 5.22. The van der Waals surface area contributed by atoms with Crippen LogP contribution in [0.5, 0.6) is 5.75 Å². The summed E-state index contributed by atoms with van der Waals surface area (Å²) in [4.78, 5) is -0.318. The van der Waals surface area contributed by atoms with Crippen molar-refractivity contribution in [2.45, 2.75) is 68.0 Å². The van der Waals surface area contributed by atoms with Crippen molar-refractivity contribution in [3.05, 3.63) is 75.3 Å². The second-order valence-electron chi connectivity index (χ2n) is 8.55. The molecule has 0 aliphatic carbocycles. The molecule has 170 valence electrons. The molecule has 0 bridgehead atoms. The Balaban J connectivity index is 2.33. The van der Waals surface area contributed by atoms with Crippen LogP contribution in [0.4, 0.5) is 0 Å². The van der Waals surface area contributed by atoms with E-state index in [0.29, 0.717) is 22.3 Å². The van der Waals surface area contributed by atoms with Gasteiger partial charge in [0.05, 0.1) is 14.7 Å². The number of hydrogen-bond acceptors (Lipinski definition) is 5. The minimum Gasteiger partial charge on any atom is -0.507 e. The summed E-state index contributed by atoms with van der Waals surface area (Å²) >= 11 is 0. The Morgan fingerprint density at radius 2 is 0.844 bits per heavy atom. The lowest BCUT2D eigenvalue weighted by atomic mass is 10.1. The van der Waals surface area contributed by atoms with Crippen molar-refractivity contribution in [2.75, 3.05) is 0 Å². The van der Waals surface area contributed by atoms with Crippen molar-refractivity contribution in [3.8, 4) is 5.75 Å². The van der Waals surface area contributed by atoms with Crippen LogP contribution in [0.3, 0.4) is 0 Å². The molecule has 0 atom stereocenters. The number of benzene rings is 3. The lowest BCUT2D eigenvalue weighted by Gasteiger charge is -2.17. The fraction of sp³-hybridized carbons (Fsp3) is 0.280. The van der Waals surface area contributed by atoms with Gasteiger partial charge in [-0.05, 0) is 88.4 Å². The van der Waals surface area contributed by atoms with Crippen LogP contribution in [-0.2, 0) is 19.7 Å². The summed E-state index contributed by atoms with van der Waals surface area (Å²) in [5, 5.41) is 10.6. The number of phenolic OH excluding ortho intramolecular Hbond substituents is 1. The zero-order valence-electron chi connectivity index (χ0n) is 19.4. The summed E-state index contributed by atoms with van der Waals surface area (Å²) in [6, 6.07) is 9.37. The first-order chi connectivity index (χ1) is 14.7.